The molecule has 582 valence electrons. The second-order valence-electron chi connectivity index (χ2n) is 29.2. The minimum atomic E-state index is -4.96. The van der Waals surface area contributed by atoms with Gasteiger partial charge in [-0.3, -0.25) is 37.3 Å². The Balaban J connectivity index is 5.23. The number of hydrogen-bond donors (Lipinski definition) is 3. The van der Waals surface area contributed by atoms with E-state index in [1.54, 1.807) is 0 Å². The number of hydrogen-bond acceptors (Lipinski definition) is 15. The number of carbonyl (C=O) groups is 4. The molecule has 0 aromatic carbocycles. The van der Waals surface area contributed by atoms with Crippen molar-refractivity contribution in [3.8, 4) is 0 Å². The molecule has 0 bridgehead atoms. The van der Waals surface area contributed by atoms with Gasteiger partial charge in [0.15, 0.2) is 12.2 Å². The second kappa shape index (κ2) is 70.7. The van der Waals surface area contributed by atoms with E-state index in [4.69, 9.17) is 37.0 Å². The summed E-state index contributed by atoms with van der Waals surface area (Å²) in [6.07, 6.45) is 59.8. The summed E-state index contributed by atoms with van der Waals surface area (Å²) in [6.45, 7) is 9.56. The number of ether oxygens (including phenoxy) is 4. The molecule has 0 aliphatic carbocycles. The molecule has 0 amide bonds. The van der Waals surface area contributed by atoms with Crippen LogP contribution in [0.4, 0.5) is 0 Å². The van der Waals surface area contributed by atoms with Crippen LogP contribution in [0.2, 0.25) is 0 Å². The van der Waals surface area contributed by atoms with Gasteiger partial charge in [0.25, 0.3) is 0 Å². The predicted octanol–water partition coefficient (Wildman–Crippen LogP) is 23.5. The van der Waals surface area contributed by atoms with E-state index in [2.05, 4.69) is 41.5 Å². The van der Waals surface area contributed by atoms with Crippen LogP contribution in [0, 0.1) is 11.8 Å². The summed E-state index contributed by atoms with van der Waals surface area (Å²) in [5.74, 6) is -0.639. The summed E-state index contributed by atoms with van der Waals surface area (Å²) in [4.78, 5) is 72.9. The van der Waals surface area contributed by atoms with Crippen LogP contribution in [0.3, 0.4) is 0 Å². The number of phosphoric ester groups is 2. The Morgan fingerprint density at radius 1 is 0.296 bits per heavy atom. The normalized spacial score (nSPS) is 14.2. The molecule has 0 spiro atoms. The first-order chi connectivity index (χ1) is 47.4. The van der Waals surface area contributed by atoms with Gasteiger partial charge in [0, 0.05) is 25.7 Å². The Bertz CT molecular complexity index is 1890. The fourth-order valence-electron chi connectivity index (χ4n) is 12.2. The second-order valence-corrected chi connectivity index (χ2v) is 32.1. The molecule has 0 saturated carbocycles. The number of esters is 4. The van der Waals surface area contributed by atoms with Gasteiger partial charge in [0.05, 0.1) is 26.4 Å². The molecular weight excluding hydrogens is 1280 g/mol. The summed E-state index contributed by atoms with van der Waals surface area (Å²) in [5.41, 5.74) is 0. The van der Waals surface area contributed by atoms with E-state index < -0.39 is 97.5 Å². The highest BCUT2D eigenvalue weighted by Crippen LogP contribution is 2.45. The molecule has 0 rings (SSSR count). The maximum absolute atomic E-state index is 13.1. The minimum absolute atomic E-state index is 0.104. The molecule has 19 heteroatoms. The Morgan fingerprint density at radius 3 is 0.776 bits per heavy atom. The highest BCUT2D eigenvalue weighted by molar-refractivity contribution is 7.47. The lowest BCUT2D eigenvalue weighted by atomic mass is 9.99. The molecule has 0 aliphatic rings. The van der Waals surface area contributed by atoms with Crippen LogP contribution in [0.1, 0.15) is 414 Å². The first-order valence-corrected chi connectivity index (χ1v) is 44.0. The average molecular weight is 1440 g/mol. The van der Waals surface area contributed by atoms with Gasteiger partial charge in [-0.2, -0.15) is 0 Å². The average Bonchev–Trinajstić information content (AvgIpc) is 1.00. The molecule has 0 saturated heterocycles. The van der Waals surface area contributed by atoms with Crippen LogP contribution in [0.5, 0.6) is 0 Å². The van der Waals surface area contributed by atoms with Crippen molar-refractivity contribution in [1.82, 2.24) is 0 Å². The Kier molecular flexibility index (Phi) is 69.3. The van der Waals surface area contributed by atoms with E-state index >= 15 is 0 Å². The van der Waals surface area contributed by atoms with Gasteiger partial charge < -0.3 is 33.8 Å². The Labute approximate surface area is 600 Å². The number of carbonyl (C=O) groups excluding carboxylic acids is 4. The van der Waals surface area contributed by atoms with E-state index in [1.165, 1.54) is 225 Å². The standard InChI is InChI=1S/C79H154O17P2/c1-7-10-12-14-16-18-20-22-24-26-27-29-31-33-35-37-44-51-57-63-78(83)95-74(67-89-76(81)61-55-49-43-36-34-32-30-28-25-23-21-19-17-15-13-11-8-2)69-93-97(85,86)91-65-73(80)66-92-98(87,88)94-70-75(68-90-77(82)62-56-50-46-40-41-47-53-59-71(4)5)96-79(84)64-58-52-45-39-38-42-48-54-60-72(6)9-3/h71-75,80H,7-70H2,1-6H3,(H,85,86)(H,87,88)/t72?,73-,74-,75-/m1/s1. The molecule has 0 aromatic rings. The van der Waals surface area contributed by atoms with Crippen molar-refractivity contribution in [2.24, 2.45) is 11.8 Å². The van der Waals surface area contributed by atoms with Gasteiger partial charge in [-0.05, 0) is 37.5 Å². The van der Waals surface area contributed by atoms with Crippen LogP contribution in [0.15, 0.2) is 0 Å². The molecule has 17 nitrogen and oxygen atoms in total. The maximum atomic E-state index is 13.1. The molecule has 98 heavy (non-hydrogen) atoms. The largest absolute Gasteiger partial charge is 0.472 e. The van der Waals surface area contributed by atoms with Crippen molar-refractivity contribution < 1.29 is 80.2 Å². The van der Waals surface area contributed by atoms with E-state index in [0.717, 1.165) is 102 Å². The fraction of sp³-hybridized carbons (Fsp3) is 0.949. The molecule has 0 aromatic heterocycles. The smallest absolute Gasteiger partial charge is 0.462 e. The quantitative estimate of drug-likeness (QED) is 0.0222. The van der Waals surface area contributed by atoms with Crippen molar-refractivity contribution in [2.75, 3.05) is 39.6 Å². The van der Waals surface area contributed by atoms with E-state index in [-0.39, 0.29) is 25.7 Å². The zero-order chi connectivity index (χ0) is 72.1. The molecule has 0 radical (unpaired) electrons. The van der Waals surface area contributed by atoms with Gasteiger partial charge in [-0.15, -0.1) is 0 Å². The summed E-state index contributed by atoms with van der Waals surface area (Å²) < 4.78 is 68.6. The highest BCUT2D eigenvalue weighted by Gasteiger charge is 2.30. The van der Waals surface area contributed by atoms with Crippen molar-refractivity contribution in [2.45, 2.75) is 432 Å². The van der Waals surface area contributed by atoms with Gasteiger partial charge in [-0.1, -0.05) is 363 Å². The van der Waals surface area contributed by atoms with Crippen LogP contribution in [-0.2, 0) is 65.4 Å². The monoisotopic (exact) mass is 1440 g/mol. The SMILES string of the molecule is CCCCCCCCCCCCCCCCCCCCCC(=O)O[C@H](COC(=O)CCCCCCCCCCCCCCCCCCC)COP(=O)(O)OC[C@@H](O)COP(=O)(O)OC[C@@H](COC(=O)CCCCCCCCCC(C)C)OC(=O)CCCCCCCCCCC(C)CC. The van der Waals surface area contributed by atoms with Crippen LogP contribution in [-0.4, -0.2) is 96.7 Å². The van der Waals surface area contributed by atoms with Crippen LogP contribution in [0.25, 0.3) is 0 Å². The third kappa shape index (κ3) is 71.1. The number of rotatable bonds is 78. The molecule has 3 N–H and O–H groups in total. The lowest BCUT2D eigenvalue weighted by molar-refractivity contribution is -0.161. The number of aliphatic hydroxyl groups is 1. The molecule has 3 unspecified atom stereocenters. The third-order valence-electron chi connectivity index (χ3n) is 18.8. The van der Waals surface area contributed by atoms with Crippen LogP contribution >= 0.6 is 15.6 Å². The maximum Gasteiger partial charge on any atom is 0.472 e. The van der Waals surface area contributed by atoms with Gasteiger partial charge in [-0.25, -0.2) is 9.13 Å². The molecule has 0 fully saturated rings. The number of aliphatic hydroxyl groups excluding tert-OH is 1. The summed E-state index contributed by atoms with van der Waals surface area (Å²) in [7, 11) is -9.92. The third-order valence-corrected chi connectivity index (χ3v) is 20.7. The Morgan fingerprint density at radius 2 is 0.520 bits per heavy atom. The lowest BCUT2D eigenvalue weighted by Crippen LogP contribution is -2.30. The van der Waals surface area contributed by atoms with Crippen molar-refractivity contribution in [3.63, 3.8) is 0 Å². The molecule has 6 atom stereocenters. The Hall–Kier alpha value is -1.94. The van der Waals surface area contributed by atoms with Crippen molar-refractivity contribution >= 4 is 39.5 Å². The summed E-state index contributed by atoms with van der Waals surface area (Å²) in [5, 5.41) is 10.6. The lowest BCUT2D eigenvalue weighted by Gasteiger charge is -2.21. The fourth-order valence-corrected chi connectivity index (χ4v) is 13.7. The van der Waals surface area contributed by atoms with Gasteiger partial charge >= 0.3 is 39.5 Å². The molecule has 0 heterocycles. The number of unbranched alkanes of at least 4 members (excludes halogenated alkanes) is 47. The summed E-state index contributed by atoms with van der Waals surface area (Å²) in [6, 6.07) is 0. The van der Waals surface area contributed by atoms with Gasteiger partial charge in [0.1, 0.15) is 19.3 Å². The van der Waals surface area contributed by atoms with Crippen molar-refractivity contribution in [1.29, 1.82) is 0 Å². The predicted molar refractivity (Wildman–Crippen MR) is 400 cm³/mol. The van der Waals surface area contributed by atoms with E-state index in [1.807, 2.05) is 0 Å². The highest BCUT2D eigenvalue weighted by atomic mass is 31.2. The number of phosphoric acid groups is 2. The zero-order valence-electron chi connectivity index (χ0n) is 64.1. The minimum Gasteiger partial charge on any atom is -0.462 e. The van der Waals surface area contributed by atoms with Crippen molar-refractivity contribution in [3.05, 3.63) is 0 Å². The first-order valence-electron chi connectivity index (χ1n) is 41.0. The zero-order valence-corrected chi connectivity index (χ0v) is 65.9. The van der Waals surface area contributed by atoms with E-state index in [0.29, 0.717) is 31.6 Å². The van der Waals surface area contributed by atoms with E-state index in [9.17, 15) is 43.2 Å². The van der Waals surface area contributed by atoms with Gasteiger partial charge in [0.2, 0.25) is 0 Å². The molecule has 0 aliphatic heterocycles. The van der Waals surface area contributed by atoms with Crippen LogP contribution < -0.4 is 0 Å². The topological polar surface area (TPSA) is 237 Å². The molecular formula is C79H154O17P2. The first kappa shape index (κ1) is 96.1. The summed E-state index contributed by atoms with van der Waals surface area (Å²) >= 11 is 0.